The highest BCUT2D eigenvalue weighted by Crippen LogP contribution is 2.23. The topological polar surface area (TPSA) is 64.0 Å². The van der Waals surface area contributed by atoms with Crippen molar-refractivity contribution >= 4 is 5.91 Å². The molecule has 0 saturated heterocycles. The van der Waals surface area contributed by atoms with Gasteiger partial charge in [0.05, 0.1) is 0 Å². The molecule has 1 heterocycles. The van der Waals surface area contributed by atoms with Crippen LogP contribution in [0.2, 0.25) is 0 Å². The molecule has 0 bridgehead atoms. The number of aryl methyl sites for hydroxylation is 1. The van der Waals surface area contributed by atoms with Crippen molar-refractivity contribution in [3.8, 4) is 0 Å². The Bertz CT molecular complexity index is 539. The molecule has 116 valence electrons. The highest BCUT2D eigenvalue weighted by Gasteiger charge is 2.23. The molecule has 1 aliphatic rings. The van der Waals surface area contributed by atoms with Crippen molar-refractivity contribution in [1.29, 1.82) is 0 Å². The summed E-state index contributed by atoms with van der Waals surface area (Å²) in [6.45, 7) is 4.81. The molecule has 0 radical (unpaired) electrons. The van der Waals surface area contributed by atoms with Crippen molar-refractivity contribution < 1.29 is 4.79 Å². The quantitative estimate of drug-likeness (QED) is 0.905. The molecule has 2 atom stereocenters. The lowest BCUT2D eigenvalue weighted by atomic mass is 9.86. The molecule has 0 aromatic carbocycles. The van der Waals surface area contributed by atoms with E-state index in [1.807, 2.05) is 0 Å². The van der Waals surface area contributed by atoms with Gasteiger partial charge in [0.15, 0.2) is 0 Å². The molecular weight excluding hydrogens is 266 g/mol. The first-order valence-corrected chi connectivity index (χ1v) is 8.01. The summed E-state index contributed by atoms with van der Waals surface area (Å²) in [6.07, 6.45) is 6.48. The highest BCUT2D eigenvalue weighted by atomic mass is 16.2. The first-order valence-electron chi connectivity index (χ1n) is 8.01. The number of aromatic nitrogens is 2. The summed E-state index contributed by atoms with van der Waals surface area (Å²) < 4.78 is 1.39. The van der Waals surface area contributed by atoms with Gasteiger partial charge < -0.3 is 5.32 Å². The number of nitrogens with one attached hydrogen (secondary N) is 1. The zero-order chi connectivity index (χ0) is 15.2. The number of amides is 1. The Morgan fingerprint density at radius 3 is 2.86 bits per heavy atom. The van der Waals surface area contributed by atoms with E-state index < -0.39 is 0 Å². The second-order valence-electron chi connectivity index (χ2n) is 5.98. The third-order valence-corrected chi connectivity index (χ3v) is 4.25. The second-order valence-corrected chi connectivity index (χ2v) is 5.98. The number of rotatable bonds is 5. The van der Waals surface area contributed by atoms with Crippen LogP contribution in [0.3, 0.4) is 0 Å². The minimum Gasteiger partial charge on any atom is -0.348 e. The fourth-order valence-corrected chi connectivity index (χ4v) is 2.81. The van der Waals surface area contributed by atoms with Crippen LogP contribution >= 0.6 is 0 Å². The van der Waals surface area contributed by atoms with Gasteiger partial charge in [0, 0.05) is 18.7 Å². The summed E-state index contributed by atoms with van der Waals surface area (Å²) in [6, 6.07) is 3.18. The number of hydrogen-bond donors (Lipinski definition) is 1. The van der Waals surface area contributed by atoms with Crippen LogP contribution in [0, 0.1) is 5.92 Å². The van der Waals surface area contributed by atoms with E-state index in [0.717, 1.165) is 25.7 Å². The average molecular weight is 291 g/mol. The maximum atomic E-state index is 12.3. The summed E-state index contributed by atoms with van der Waals surface area (Å²) in [4.78, 5) is 24.0. The summed E-state index contributed by atoms with van der Waals surface area (Å²) in [7, 11) is 0. The van der Waals surface area contributed by atoms with Gasteiger partial charge in [-0.15, -0.1) is 0 Å². The molecule has 0 spiro atoms. The van der Waals surface area contributed by atoms with E-state index in [2.05, 4.69) is 24.3 Å². The van der Waals surface area contributed by atoms with Crippen molar-refractivity contribution in [2.75, 3.05) is 0 Å². The maximum Gasteiger partial charge on any atom is 0.271 e. The van der Waals surface area contributed by atoms with Crippen LogP contribution in [0.25, 0.3) is 0 Å². The molecule has 21 heavy (non-hydrogen) atoms. The minimum atomic E-state index is -0.168. The predicted molar refractivity (Wildman–Crippen MR) is 82.3 cm³/mol. The lowest BCUT2D eigenvalue weighted by Crippen LogP contribution is -2.42. The van der Waals surface area contributed by atoms with Crippen molar-refractivity contribution in [3.05, 3.63) is 28.2 Å². The van der Waals surface area contributed by atoms with Crippen LogP contribution in [0.5, 0.6) is 0 Å². The van der Waals surface area contributed by atoms with E-state index in [4.69, 9.17) is 0 Å². The zero-order valence-electron chi connectivity index (χ0n) is 13.0. The Morgan fingerprint density at radius 1 is 1.38 bits per heavy atom. The van der Waals surface area contributed by atoms with E-state index in [1.165, 1.54) is 29.7 Å². The van der Waals surface area contributed by atoms with Crippen molar-refractivity contribution in [2.45, 2.75) is 65.0 Å². The van der Waals surface area contributed by atoms with Crippen LogP contribution in [0.1, 0.15) is 62.9 Å². The van der Waals surface area contributed by atoms with Crippen molar-refractivity contribution in [1.82, 2.24) is 15.1 Å². The summed E-state index contributed by atoms with van der Waals surface area (Å²) in [5.74, 6) is 0.340. The van der Waals surface area contributed by atoms with E-state index in [0.29, 0.717) is 18.2 Å². The van der Waals surface area contributed by atoms with Crippen molar-refractivity contribution in [3.63, 3.8) is 0 Å². The molecule has 1 aromatic heterocycles. The van der Waals surface area contributed by atoms with E-state index in [-0.39, 0.29) is 17.5 Å². The molecular formula is C16H25N3O2. The monoisotopic (exact) mass is 291 g/mol. The van der Waals surface area contributed by atoms with Gasteiger partial charge in [-0.05, 0) is 31.2 Å². The minimum absolute atomic E-state index is 0.147. The molecule has 2 unspecified atom stereocenters. The van der Waals surface area contributed by atoms with Gasteiger partial charge in [0.2, 0.25) is 0 Å². The SMILES string of the molecule is CCCCn1nc(C(=O)NC2CCCCC2C)ccc1=O. The third-order valence-electron chi connectivity index (χ3n) is 4.25. The fourth-order valence-electron chi connectivity index (χ4n) is 2.81. The first-order chi connectivity index (χ1) is 10.1. The number of hydrogen-bond acceptors (Lipinski definition) is 3. The maximum absolute atomic E-state index is 12.3. The molecule has 1 amide bonds. The molecule has 5 nitrogen and oxygen atoms in total. The molecule has 1 saturated carbocycles. The lowest BCUT2D eigenvalue weighted by Gasteiger charge is -2.29. The summed E-state index contributed by atoms with van der Waals surface area (Å²) in [5, 5.41) is 7.26. The second kappa shape index (κ2) is 7.38. The standard InChI is InChI=1S/C16H25N3O2/c1-3-4-11-19-15(20)10-9-14(18-19)16(21)17-13-8-6-5-7-12(13)2/h9-10,12-13H,3-8,11H2,1-2H3,(H,17,21). The van der Waals surface area contributed by atoms with Gasteiger partial charge in [-0.25, -0.2) is 4.68 Å². The smallest absolute Gasteiger partial charge is 0.271 e. The Hall–Kier alpha value is -1.65. The first kappa shape index (κ1) is 15.7. The van der Waals surface area contributed by atoms with Crippen LogP contribution < -0.4 is 10.9 Å². The Kier molecular flexibility index (Phi) is 5.53. The van der Waals surface area contributed by atoms with Gasteiger partial charge in [-0.2, -0.15) is 5.10 Å². The summed E-state index contributed by atoms with van der Waals surface area (Å²) >= 11 is 0. The highest BCUT2D eigenvalue weighted by molar-refractivity contribution is 5.92. The lowest BCUT2D eigenvalue weighted by molar-refractivity contribution is 0.0902. The number of nitrogens with zero attached hydrogens (tertiary/aromatic N) is 2. The molecule has 0 aliphatic heterocycles. The van der Waals surface area contributed by atoms with Gasteiger partial charge >= 0.3 is 0 Å². The number of carbonyl (C=O) groups is 1. The zero-order valence-corrected chi connectivity index (χ0v) is 13.0. The Balaban J connectivity index is 2.06. The third kappa shape index (κ3) is 4.16. The molecule has 1 aliphatic carbocycles. The molecule has 1 aromatic rings. The van der Waals surface area contributed by atoms with E-state index in [9.17, 15) is 9.59 Å². The number of carbonyl (C=O) groups excluding carboxylic acids is 1. The van der Waals surface area contributed by atoms with Crippen LogP contribution in [0.4, 0.5) is 0 Å². The van der Waals surface area contributed by atoms with Crippen LogP contribution in [0.15, 0.2) is 16.9 Å². The van der Waals surface area contributed by atoms with Gasteiger partial charge in [0.1, 0.15) is 5.69 Å². The van der Waals surface area contributed by atoms with Crippen LogP contribution in [-0.4, -0.2) is 21.7 Å². The Morgan fingerprint density at radius 2 is 2.14 bits per heavy atom. The predicted octanol–water partition coefficient (Wildman–Crippen LogP) is 2.35. The van der Waals surface area contributed by atoms with Crippen LogP contribution in [-0.2, 0) is 6.54 Å². The molecule has 5 heteroatoms. The largest absolute Gasteiger partial charge is 0.348 e. The fraction of sp³-hybridized carbons (Fsp3) is 0.688. The molecule has 2 rings (SSSR count). The van der Waals surface area contributed by atoms with Gasteiger partial charge in [-0.1, -0.05) is 33.1 Å². The average Bonchev–Trinajstić information content (AvgIpc) is 2.48. The van der Waals surface area contributed by atoms with E-state index in [1.54, 1.807) is 0 Å². The molecule has 1 N–H and O–H groups in total. The van der Waals surface area contributed by atoms with Gasteiger partial charge in [0.25, 0.3) is 11.5 Å². The Labute approximate surface area is 125 Å². The van der Waals surface area contributed by atoms with Gasteiger partial charge in [-0.3, -0.25) is 9.59 Å². The van der Waals surface area contributed by atoms with E-state index >= 15 is 0 Å². The number of unbranched alkanes of at least 4 members (excludes halogenated alkanes) is 1. The normalized spacial score (nSPS) is 22.0. The molecule has 1 fully saturated rings. The summed E-state index contributed by atoms with van der Waals surface area (Å²) in [5.41, 5.74) is 0.189. The van der Waals surface area contributed by atoms with Crippen molar-refractivity contribution in [2.24, 2.45) is 5.92 Å².